The van der Waals surface area contributed by atoms with E-state index >= 15 is 0 Å². The van der Waals surface area contributed by atoms with Gasteiger partial charge in [-0.3, -0.25) is 0 Å². The Morgan fingerprint density at radius 2 is 1.06 bits per heavy atom. The largest absolute Gasteiger partial charge is 0.176 e. The molecule has 0 nitrogen and oxygen atoms in total. The zero-order valence-electron chi connectivity index (χ0n) is 11.9. The van der Waals surface area contributed by atoms with Gasteiger partial charge < -0.3 is 0 Å². The van der Waals surface area contributed by atoms with Crippen LogP contribution in [-0.2, 0) is 0 Å². The molecule has 0 heterocycles. The van der Waals surface area contributed by atoms with E-state index in [0.29, 0.717) is 5.25 Å². The van der Waals surface area contributed by atoms with Gasteiger partial charge in [-0.1, -0.05) is 84.5 Å². The molecule has 0 rings (SSSR count). The number of hydrogen-bond donors (Lipinski definition) is 1. The van der Waals surface area contributed by atoms with Crippen LogP contribution in [0.3, 0.4) is 0 Å². The van der Waals surface area contributed by atoms with Gasteiger partial charge >= 0.3 is 0 Å². The maximum atomic E-state index is 4.40. The first-order valence-corrected chi connectivity index (χ1v) is 7.97. The molecule has 1 atom stereocenters. The molecule has 0 radical (unpaired) electrons. The fourth-order valence-corrected chi connectivity index (χ4v) is 2.29. The topological polar surface area (TPSA) is 0 Å². The number of thiol groups is 1. The number of hydrogen-bond acceptors (Lipinski definition) is 1. The van der Waals surface area contributed by atoms with Crippen LogP contribution in [0.1, 0.15) is 90.9 Å². The molecular formula is C15H33ClS. The van der Waals surface area contributed by atoms with E-state index in [1.807, 2.05) is 0 Å². The van der Waals surface area contributed by atoms with Gasteiger partial charge in [0, 0.05) is 0 Å². The lowest BCUT2D eigenvalue weighted by molar-refractivity contribution is 0.544. The van der Waals surface area contributed by atoms with Crippen molar-refractivity contribution >= 4 is 25.0 Å². The monoisotopic (exact) mass is 280 g/mol. The van der Waals surface area contributed by atoms with Crippen molar-refractivity contribution in [3.63, 3.8) is 0 Å². The van der Waals surface area contributed by atoms with Crippen molar-refractivity contribution in [2.24, 2.45) is 0 Å². The molecule has 0 N–H and O–H groups in total. The summed E-state index contributed by atoms with van der Waals surface area (Å²) in [4.78, 5) is 0. The molecule has 0 bridgehead atoms. The van der Waals surface area contributed by atoms with Crippen molar-refractivity contribution in [2.75, 3.05) is 0 Å². The summed E-state index contributed by atoms with van der Waals surface area (Å²) < 4.78 is 0. The van der Waals surface area contributed by atoms with E-state index in [1.165, 1.54) is 77.0 Å². The van der Waals surface area contributed by atoms with Crippen molar-refractivity contribution in [1.29, 1.82) is 0 Å². The lowest BCUT2D eigenvalue weighted by Crippen LogP contribution is -1.90. The highest BCUT2D eigenvalue weighted by atomic mass is 35.5. The molecule has 0 amide bonds. The lowest BCUT2D eigenvalue weighted by Gasteiger charge is -2.04. The minimum absolute atomic E-state index is 0. The molecule has 0 spiro atoms. The molecule has 0 aliphatic carbocycles. The summed E-state index contributed by atoms with van der Waals surface area (Å²) in [5, 5.41) is 0.596. The molecule has 106 valence electrons. The van der Waals surface area contributed by atoms with Crippen LogP contribution in [0.25, 0.3) is 0 Å². The Labute approximate surface area is 121 Å². The maximum absolute atomic E-state index is 4.40. The van der Waals surface area contributed by atoms with Gasteiger partial charge in [-0.25, -0.2) is 0 Å². The second-order valence-electron chi connectivity index (χ2n) is 5.17. The van der Waals surface area contributed by atoms with Gasteiger partial charge in [0.2, 0.25) is 0 Å². The highest BCUT2D eigenvalue weighted by molar-refractivity contribution is 7.80. The second kappa shape index (κ2) is 16.6. The Kier molecular flexibility index (Phi) is 19.5. The summed E-state index contributed by atoms with van der Waals surface area (Å²) in [7, 11) is 0. The molecule has 0 saturated carbocycles. The van der Waals surface area contributed by atoms with Crippen LogP contribution in [0.4, 0.5) is 0 Å². The maximum Gasteiger partial charge on any atom is -0.00116 e. The highest BCUT2D eigenvalue weighted by Crippen LogP contribution is 2.13. The van der Waals surface area contributed by atoms with E-state index in [0.717, 1.165) is 0 Å². The van der Waals surface area contributed by atoms with Gasteiger partial charge in [-0.2, -0.15) is 12.6 Å². The van der Waals surface area contributed by atoms with E-state index in [2.05, 4.69) is 26.5 Å². The third-order valence-corrected chi connectivity index (χ3v) is 3.48. The van der Waals surface area contributed by atoms with Crippen LogP contribution >= 0.6 is 25.0 Å². The average molecular weight is 281 g/mol. The highest BCUT2D eigenvalue weighted by Gasteiger charge is 1.95. The number of halogens is 1. The Morgan fingerprint density at radius 1 is 0.706 bits per heavy atom. The molecule has 0 aromatic rings. The molecule has 17 heavy (non-hydrogen) atoms. The zero-order chi connectivity index (χ0) is 12.1. The summed E-state index contributed by atoms with van der Waals surface area (Å²) in [6, 6.07) is 0. The first kappa shape index (κ1) is 20.0. The molecule has 0 fully saturated rings. The van der Waals surface area contributed by atoms with E-state index in [9.17, 15) is 0 Å². The van der Waals surface area contributed by atoms with Crippen LogP contribution in [-0.4, -0.2) is 5.25 Å². The van der Waals surface area contributed by atoms with E-state index in [1.54, 1.807) is 0 Å². The Bertz CT molecular complexity index is 126. The van der Waals surface area contributed by atoms with Crippen LogP contribution < -0.4 is 0 Å². The lowest BCUT2D eigenvalue weighted by atomic mass is 10.0. The summed E-state index contributed by atoms with van der Waals surface area (Å²) in [5.74, 6) is 0. The van der Waals surface area contributed by atoms with E-state index < -0.39 is 0 Å². The fourth-order valence-electron chi connectivity index (χ4n) is 2.10. The third kappa shape index (κ3) is 19.2. The first-order valence-electron chi connectivity index (χ1n) is 7.45. The van der Waals surface area contributed by atoms with Gasteiger partial charge in [0.1, 0.15) is 0 Å². The molecule has 2 heteroatoms. The van der Waals surface area contributed by atoms with Gasteiger partial charge in [-0.05, 0) is 11.7 Å². The summed E-state index contributed by atoms with van der Waals surface area (Å²) in [6.07, 6.45) is 17.1. The van der Waals surface area contributed by atoms with Crippen molar-refractivity contribution in [3.05, 3.63) is 0 Å². The number of rotatable bonds is 12. The average Bonchev–Trinajstić information content (AvgIpc) is 2.25. The third-order valence-electron chi connectivity index (χ3n) is 3.23. The smallest absolute Gasteiger partial charge is 0.00116 e. The van der Waals surface area contributed by atoms with Crippen molar-refractivity contribution in [1.82, 2.24) is 0 Å². The Hall–Kier alpha value is 0.640. The number of unbranched alkanes of at least 4 members (excludes halogenated alkanes) is 10. The molecule has 0 aliphatic heterocycles. The normalized spacial score (nSPS) is 12.2. The molecule has 0 aliphatic rings. The van der Waals surface area contributed by atoms with Gasteiger partial charge in [0.25, 0.3) is 0 Å². The minimum atomic E-state index is 0. The van der Waals surface area contributed by atoms with E-state index in [4.69, 9.17) is 0 Å². The quantitative estimate of drug-likeness (QED) is 0.309. The Balaban J connectivity index is 0. The molecule has 0 saturated heterocycles. The van der Waals surface area contributed by atoms with Crippen LogP contribution in [0, 0.1) is 0 Å². The molecule has 1 unspecified atom stereocenters. The molecule has 0 aromatic heterocycles. The summed E-state index contributed by atoms with van der Waals surface area (Å²) >= 11 is 4.40. The van der Waals surface area contributed by atoms with Crippen LogP contribution in [0.15, 0.2) is 0 Å². The molecule has 0 aromatic carbocycles. The Morgan fingerprint density at radius 3 is 1.41 bits per heavy atom. The van der Waals surface area contributed by atoms with Gasteiger partial charge in [-0.15, -0.1) is 12.4 Å². The van der Waals surface area contributed by atoms with E-state index in [-0.39, 0.29) is 12.4 Å². The SMILES string of the molecule is CCCCCCCCCCCCCC(C)S.Cl. The predicted molar refractivity (Wildman–Crippen MR) is 86.8 cm³/mol. The minimum Gasteiger partial charge on any atom is -0.176 e. The van der Waals surface area contributed by atoms with Crippen LogP contribution in [0.2, 0.25) is 0 Å². The van der Waals surface area contributed by atoms with Crippen molar-refractivity contribution < 1.29 is 0 Å². The molecular weight excluding hydrogens is 248 g/mol. The predicted octanol–water partition coefficient (Wildman–Crippen LogP) is 6.43. The first-order chi connectivity index (χ1) is 7.77. The zero-order valence-corrected chi connectivity index (χ0v) is 13.6. The second-order valence-corrected chi connectivity index (χ2v) is 6.05. The van der Waals surface area contributed by atoms with Gasteiger partial charge in [0.05, 0.1) is 0 Å². The summed E-state index contributed by atoms with van der Waals surface area (Å²) in [5.41, 5.74) is 0. The summed E-state index contributed by atoms with van der Waals surface area (Å²) in [6.45, 7) is 4.48. The standard InChI is InChI=1S/C15H32S.ClH/c1-3-4-5-6-7-8-9-10-11-12-13-14-15(2)16;/h15-16H,3-14H2,1-2H3;1H. The van der Waals surface area contributed by atoms with Gasteiger partial charge in [0.15, 0.2) is 0 Å². The van der Waals surface area contributed by atoms with Crippen molar-refractivity contribution in [3.8, 4) is 0 Å². The van der Waals surface area contributed by atoms with Crippen molar-refractivity contribution in [2.45, 2.75) is 96.1 Å². The fraction of sp³-hybridized carbons (Fsp3) is 1.00. The van der Waals surface area contributed by atoms with Crippen LogP contribution in [0.5, 0.6) is 0 Å².